The van der Waals surface area contributed by atoms with Crippen LogP contribution in [0.4, 0.5) is 0 Å². The highest BCUT2D eigenvalue weighted by atomic mass is 16.1. The molecule has 0 spiro atoms. The van der Waals surface area contributed by atoms with Crippen LogP contribution in [-0.4, -0.2) is 37.6 Å². The van der Waals surface area contributed by atoms with Gasteiger partial charge in [0.05, 0.1) is 6.04 Å². The van der Waals surface area contributed by atoms with E-state index in [1.807, 2.05) is 13.8 Å². The Morgan fingerprint density at radius 3 is 2.79 bits per heavy atom. The first-order valence-electron chi connectivity index (χ1n) is 6.13. The normalized spacial score (nSPS) is 10.7. The molecular formula is C12H16N6O. The number of hydrogen-bond acceptors (Lipinski definition) is 5. The lowest BCUT2D eigenvalue weighted by Gasteiger charge is -2.08. The molecule has 0 aliphatic heterocycles. The molecule has 100 valence electrons. The maximum atomic E-state index is 11.8. The predicted octanol–water partition coefficient (Wildman–Crippen LogP) is 0.621. The van der Waals surface area contributed by atoms with E-state index >= 15 is 0 Å². The van der Waals surface area contributed by atoms with E-state index in [4.69, 9.17) is 0 Å². The molecule has 1 amide bonds. The van der Waals surface area contributed by atoms with Crippen molar-refractivity contribution >= 4 is 5.91 Å². The lowest BCUT2D eigenvalue weighted by atomic mass is 10.2. The van der Waals surface area contributed by atoms with Crippen LogP contribution in [0.25, 0.3) is 0 Å². The zero-order valence-corrected chi connectivity index (χ0v) is 10.9. The molecule has 2 aromatic heterocycles. The van der Waals surface area contributed by atoms with E-state index in [1.165, 1.54) is 0 Å². The molecule has 0 aliphatic rings. The highest BCUT2D eigenvalue weighted by Crippen LogP contribution is 2.04. The van der Waals surface area contributed by atoms with Gasteiger partial charge in [-0.25, -0.2) is 4.68 Å². The Balaban J connectivity index is 1.87. The van der Waals surface area contributed by atoms with Gasteiger partial charge in [0.15, 0.2) is 5.82 Å². The molecule has 0 unspecified atom stereocenters. The van der Waals surface area contributed by atoms with Gasteiger partial charge in [0.1, 0.15) is 0 Å². The second-order valence-electron chi connectivity index (χ2n) is 4.38. The summed E-state index contributed by atoms with van der Waals surface area (Å²) in [6.07, 6.45) is 3.78. The Labute approximate surface area is 111 Å². The first-order chi connectivity index (χ1) is 9.18. The van der Waals surface area contributed by atoms with Crippen LogP contribution in [0.15, 0.2) is 24.5 Å². The Morgan fingerprint density at radius 1 is 1.37 bits per heavy atom. The van der Waals surface area contributed by atoms with Gasteiger partial charge in [0.2, 0.25) is 0 Å². The molecule has 0 saturated heterocycles. The maximum Gasteiger partial charge on any atom is 0.251 e. The zero-order chi connectivity index (χ0) is 13.7. The minimum absolute atomic E-state index is 0.119. The van der Waals surface area contributed by atoms with E-state index in [0.29, 0.717) is 18.5 Å². The summed E-state index contributed by atoms with van der Waals surface area (Å²) in [5.74, 6) is 0.649. The van der Waals surface area contributed by atoms with Crippen LogP contribution in [0.2, 0.25) is 0 Å². The maximum absolute atomic E-state index is 11.8. The molecule has 2 rings (SSSR count). The zero-order valence-electron chi connectivity index (χ0n) is 10.9. The molecule has 2 heterocycles. The van der Waals surface area contributed by atoms with Crippen molar-refractivity contribution in [2.45, 2.75) is 26.3 Å². The summed E-state index contributed by atoms with van der Waals surface area (Å²) >= 11 is 0. The van der Waals surface area contributed by atoms with Crippen LogP contribution < -0.4 is 5.32 Å². The number of aromatic nitrogens is 5. The summed E-state index contributed by atoms with van der Waals surface area (Å²) < 4.78 is 1.75. The van der Waals surface area contributed by atoms with E-state index < -0.39 is 0 Å². The van der Waals surface area contributed by atoms with Crippen molar-refractivity contribution in [2.24, 2.45) is 0 Å². The standard InChI is InChI=1S/C12H16N6O/c1-9(2)18-11(15-16-17-18)5-8-14-12(19)10-3-6-13-7-4-10/h3-4,6-7,9H,5,8H2,1-2H3,(H,14,19). The summed E-state index contributed by atoms with van der Waals surface area (Å²) in [4.78, 5) is 15.7. The molecule has 0 aromatic carbocycles. The minimum Gasteiger partial charge on any atom is -0.352 e. The first-order valence-corrected chi connectivity index (χ1v) is 6.13. The molecule has 19 heavy (non-hydrogen) atoms. The van der Waals surface area contributed by atoms with Crippen molar-refractivity contribution in [1.82, 2.24) is 30.5 Å². The van der Waals surface area contributed by atoms with Crippen LogP contribution in [0.1, 0.15) is 36.1 Å². The second-order valence-corrected chi connectivity index (χ2v) is 4.38. The lowest BCUT2D eigenvalue weighted by Crippen LogP contribution is -2.26. The van der Waals surface area contributed by atoms with Gasteiger partial charge in [-0.3, -0.25) is 9.78 Å². The van der Waals surface area contributed by atoms with Crippen molar-refractivity contribution in [2.75, 3.05) is 6.54 Å². The highest BCUT2D eigenvalue weighted by molar-refractivity contribution is 5.93. The minimum atomic E-state index is -0.119. The Bertz CT molecular complexity index is 536. The summed E-state index contributed by atoms with van der Waals surface area (Å²) in [5.41, 5.74) is 0.596. The third-order valence-electron chi connectivity index (χ3n) is 2.63. The quantitative estimate of drug-likeness (QED) is 0.851. The average molecular weight is 260 g/mol. The molecule has 1 N–H and O–H groups in total. The third-order valence-corrected chi connectivity index (χ3v) is 2.63. The molecule has 7 heteroatoms. The van der Waals surface area contributed by atoms with Crippen LogP contribution in [-0.2, 0) is 6.42 Å². The van der Waals surface area contributed by atoms with Gasteiger partial charge in [0, 0.05) is 30.9 Å². The average Bonchev–Trinajstić information content (AvgIpc) is 2.88. The molecule has 0 bridgehead atoms. The van der Waals surface area contributed by atoms with Gasteiger partial charge in [0.25, 0.3) is 5.91 Å². The summed E-state index contributed by atoms with van der Waals surface area (Å²) in [6, 6.07) is 3.56. The summed E-state index contributed by atoms with van der Waals surface area (Å²) in [6.45, 7) is 4.51. The van der Waals surface area contributed by atoms with E-state index in [0.717, 1.165) is 5.82 Å². The lowest BCUT2D eigenvalue weighted by molar-refractivity contribution is 0.0953. The number of nitrogens with one attached hydrogen (secondary N) is 1. The predicted molar refractivity (Wildman–Crippen MR) is 68.5 cm³/mol. The number of rotatable bonds is 5. The topological polar surface area (TPSA) is 85.6 Å². The van der Waals surface area contributed by atoms with E-state index in [-0.39, 0.29) is 11.9 Å². The number of pyridine rings is 1. The van der Waals surface area contributed by atoms with E-state index in [2.05, 4.69) is 25.8 Å². The van der Waals surface area contributed by atoms with Crippen LogP contribution in [0.5, 0.6) is 0 Å². The molecule has 0 radical (unpaired) electrons. The molecule has 2 aromatic rings. The summed E-state index contributed by atoms with van der Waals surface area (Å²) in [7, 11) is 0. The van der Waals surface area contributed by atoms with Gasteiger partial charge >= 0.3 is 0 Å². The van der Waals surface area contributed by atoms with Crippen LogP contribution in [0, 0.1) is 0 Å². The van der Waals surface area contributed by atoms with Crippen LogP contribution >= 0.6 is 0 Å². The van der Waals surface area contributed by atoms with Gasteiger partial charge < -0.3 is 5.32 Å². The molecular weight excluding hydrogens is 244 g/mol. The molecule has 0 saturated carbocycles. The fraction of sp³-hybridized carbons (Fsp3) is 0.417. The first kappa shape index (κ1) is 13.1. The Kier molecular flexibility index (Phi) is 4.17. The second kappa shape index (κ2) is 6.03. The van der Waals surface area contributed by atoms with Gasteiger partial charge in [-0.2, -0.15) is 0 Å². The van der Waals surface area contributed by atoms with Crippen molar-refractivity contribution in [3.05, 3.63) is 35.9 Å². The number of amides is 1. The Hall–Kier alpha value is -2.31. The van der Waals surface area contributed by atoms with E-state index in [1.54, 1.807) is 29.2 Å². The fourth-order valence-electron chi connectivity index (χ4n) is 1.67. The van der Waals surface area contributed by atoms with E-state index in [9.17, 15) is 4.79 Å². The van der Waals surface area contributed by atoms with Gasteiger partial charge in [-0.15, -0.1) is 5.10 Å². The van der Waals surface area contributed by atoms with Crippen molar-refractivity contribution in [1.29, 1.82) is 0 Å². The van der Waals surface area contributed by atoms with Gasteiger partial charge in [-0.05, 0) is 36.4 Å². The number of tetrazole rings is 1. The number of carbonyl (C=O) groups is 1. The molecule has 0 fully saturated rings. The molecule has 0 aliphatic carbocycles. The summed E-state index contributed by atoms with van der Waals surface area (Å²) in [5, 5.41) is 14.3. The number of nitrogens with zero attached hydrogens (tertiary/aromatic N) is 5. The molecule has 7 nitrogen and oxygen atoms in total. The fourth-order valence-corrected chi connectivity index (χ4v) is 1.67. The largest absolute Gasteiger partial charge is 0.352 e. The van der Waals surface area contributed by atoms with Crippen LogP contribution in [0.3, 0.4) is 0 Å². The SMILES string of the molecule is CC(C)n1nnnc1CCNC(=O)c1ccncc1. The van der Waals surface area contributed by atoms with Crippen molar-refractivity contribution in [3.8, 4) is 0 Å². The van der Waals surface area contributed by atoms with Gasteiger partial charge in [-0.1, -0.05) is 0 Å². The monoisotopic (exact) mass is 260 g/mol. The van der Waals surface area contributed by atoms with Crippen molar-refractivity contribution < 1.29 is 4.79 Å². The highest BCUT2D eigenvalue weighted by Gasteiger charge is 2.10. The molecule has 0 atom stereocenters. The smallest absolute Gasteiger partial charge is 0.251 e. The van der Waals surface area contributed by atoms with Crippen molar-refractivity contribution in [3.63, 3.8) is 0 Å². The number of carbonyl (C=O) groups excluding carboxylic acids is 1. The third kappa shape index (κ3) is 3.34. The number of hydrogen-bond donors (Lipinski definition) is 1. The Morgan fingerprint density at radius 2 is 2.11 bits per heavy atom.